The van der Waals surface area contributed by atoms with E-state index in [1.54, 1.807) is 0 Å². The molecule has 3 heteroatoms. The first kappa shape index (κ1) is 15.3. The number of hydrogen-bond donors (Lipinski definition) is 0. The van der Waals surface area contributed by atoms with Gasteiger partial charge in [0.1, 0.15) is 7.05 Å². The van der Waals surface area contributed by atoms with Gasteiger partial charge in [0.2, 0.25) is 5.52 Å². The number of nitrogens with zero attached hydrogens (tertiary/aromatic N) is 2. The first-order chi connectivity index (χ1) is 13.2. The summed E-state index contributed by atoms with van der Waals surface area (Å²) in [6.07, 6.45) is 4.36. The first-order valence-electron chi connectivity index (χ1n) is 9.23. The van der Waals surface area contributed by atoms with Gasteiger partial charge < -0.3 is 4.40 Å². The molecule has 0 atom stereocenters. The molecule has 0 bridgehead atoms. The molecule has 27 heavy (non-hydrogen) atoms. The highest BCUT2D eigenvalue weighted by Gasteiger charge is 2.24. The molecule has 0 aliphatic heterocycles. The number of aromatic nitrogens is 2. The molecule has 0 amide bonds. The molecule has 130 valence electrons. The topological polar surface area (TPSA) is 8.29 Å². The van der Waals surface area contributed by atoms with Crippen LogP contribution in [-0.4, -0.2) is 10.7 Å². The van der Waals surface area contributed by atoms with E-state index >= 15 is 0 Å². The van der Waals surface area contributed by atoms with E-state index in [4.69, 9.17) is 0 Å². The monoisotopic (exact) mass is 367 g/mol. The van der Waals surface area contributed by atoms with E-state index in [2.05, 4.69) is 90.0 Å². The van der Waals surface area contributed by atoms with Crippen molar-refractivity contribution in [1.82, 2.24) is 4.40 Å². The predicted molar refractivity (Wildman–Crippen MR) is 116 cm³/mol. The lowest BCUT2D eigenvalue weighted by Gasteiger charge is -2.13. The minimum absolute atomic E-state index is 1.29. The Morgan fingerprint density at radius 1 is 0.852 bits per heavy atom. The minimum Gasteiger partial charge on any atom is -0.306 e. The van der Waals surface area contributed by atoms with Gasteiger partial charge in [-0.2, -0.15) is 0 Å². The summed E-state index contributed by atoms with van der Waals surface area (Å²) in [5.74, 6) is 0. The number of fused-ring (bicyclic) bond motifs is 5. The molecule has 6 aromatic rings. The van der Waals surface area contributed by atoms with Crippen molar-refractivity contribution in [3.63, 3.8) is 0 Å². The van der Waals surface area contributed by atoms with Gasteiger partial charge in [-0.05, 0) is 36.3 Å². The highest BCUT2D eigenvalue weighted by atomic mass is 32.2. The van der Waals surface area contributed by atoms with Gasteiger partial charge in [0.05, 0.1) is 27.3 Å². The Morgan fingerprint density at radius 3 is 2.52 bits per heavy atom. The number of pyridine rings is 2. The second-order valence-electron chi connectivity index (χ2n) is 7.36. The van der Waals surface area contributed by atoms with E-state index in [-0.39, 0.29) is 0 Å². The summed E-state index contributed by atoms with van der Waals surface area (Å²) in [5, 5.41) is 6.69. The van der Waals surface area contributed by atoms with Crippen molar-refractivity contribution >= 4 is 60.8 Å². The van der Waals surface area contributed by atoms with E-state index in [0.29, 0.717) is 0 Å². The van der Waals surface area contributed by atoms with Crippen molar-refractivity contribution in [2.45, 2.75) is 11.8 Å². The molecule has 0 radical (unpaired) electrons. The fraction of sp³-hybridized carbons (Fsp3) is 0.125. The number of para-hydroxylation sites is 1. The molecule has 0 fully saturated rings. The van der Waals surface area contributed by atoms with Crippen LogP contribution in [-0.2, 0) is 7.05 Å². The van der Waals surface area contributed by atoms with Gasteiger partial charge in [-0.3, -0.25) is 0 Å². The summed E-state index contributed by atoms with van der Waals surface area (Å²) in [5.41, 5.74) is 6.62. The zero-order chi connectivity index (χ0) is 18.3. The lowest BCUT2D eigenvalue weighted by atomic mass is 10.00. The van der Waals surface area contributed by atoms with Gasteiger partial charge in [-0.25, -0.2) is 4.57 Å². The molecule has 0 aliphatic carbocycles. The number of aryl methyl sites for hydroxylation is 2. The maximum absolute atomic E-state index is 2.51. The van der Waals surface area contributed by atoms with Crippen LogP contribution in [0.25, 0.3) is 49.0 Å². The zero-order valence-corrected chi connectivity index (χ0v) is 16.4. The Morgan fingerprint density at radius 2 is 1.67 bits per heavy atom. The largest absolute Gasteiger partial charge is 0.306 e. The Hall–Kier alpha value is -2.78. The average molecular weight is 367 g/mol. The highest BCUT2D eigenvalue weighted by molar-refractivity contribution is 7.98. The third kappa shape index (κ3) is 1.75. The Balaban J connectivity index is 2.15. The van der Waals surface area contributed by atoms with Crippen LogP contribution in [0.3, 0.4) is 0 Å². The van der Waals surface area contributed by atoms with Gasteiger partial charge in [0.25, 0.3) is 0 Å². The molecule has 0 unspecified atom stereocenters. The van der Waals surface area contributed by atoms with E-state index in [1.807, 2.05) is 11.8 Å². The molecule has 0 saturated carbocycles. The first-order valence-corrected chi connectivity index (χ1v) is 10.5. The van der Waals surface area contributed by atoms with Gasteiger partial charge in [0, 0.05) is 21.7 Å². The Kier molecular flexibility index (Phi) is 2.91. The zero-order valence-electron chi connectivity index (χ0n) is 15.6. The normalized spacial score (nSPS) is 12.4. The van der Waals surface area contributed by atoms with Crippen LogP contribution >= 0.6 is 11.8 Å². The summed E-state index contributed by atoms with van der Waals surface area (Å²) < 4.78 is 4.79. The van der Waals surface area contributed by atoms with E-state index in [0.717, 1.165) is 0 Å². The summed E-state index contributed by atoms with van der Waals surface area (Å²) in [6, 6.07) is 20.2. The van der Waals surface area contributed by atoms with Crippen LogP contribution in [0.4, 0.5) is 0 Å². The predicted octanol–water partition coefficient (Wildman–Crippen LogP) is 5.84. The molecule has 3 heterocycles. The second kappa shape index (κ2) is 5.14. The van der Waals surface area contributed by atoms with Crippen LogP contribution in [0.1, 0.15) is 5.56 Å². The lowest BCUT2D eigenvalue weighted by molar-refractivity contribution is -0.643. The molecule has 3 aromatic carbocycles. The minimum atomic E-state index is 1.29. The van der Waals surface area contributed by atoms with Crippen LogP contribution < -0.4 is 4.57 Å². The SMILES string of the molecule is CSc1cccc2c3ccc(C)c4c3n(c3cccc5cc[n+](C)c4c53)c12. The summed E-state index contributed by atoms with van der Waals surface area (Å²) in [7, 11) is 2.16. The second-order valence-corrected chi connectivity index (χ2v) is 8.21. The lowest BCUT2D eigenvalue weighted by Crippen LogP contribution is -2.28. The van der Waals surface area contributed by atoms with Crippen molar-refractivity contribution in [2.75, 3.05) is 6.26 Å². The number of thioether (sulfide) groups is 1. The van der Waals surface area contributed by atoms with Crippen molar-refractivity contribution in [2.24, 2.45) is 7.05 Å². The molecule has 6 rings (SSSR count). The van der Waals surface area contributed by atoms with Gasteiger partial charge >= 0.3 is 0 Å². The molecule has 0 spiro atoms. The summed E-state index contributed by atoms with van der Waals surface area (Å²) >= 11 is 1.83. The van der Waals surface area contributed by atoms with Crippen LogP contribution in [0, 0.1) is 6.92 Å². The Labute approximate surface area is 161 Å². The van der Waals surface area contributed by atoms with Crippen molar-refractivity contribution in [3.05, 3.63) is 66.4 Å². The van der Waals surface area contributed by atoms with E-state index in [1.165, 1.54) is 59.5 Å². The third-order valence-electron chi connectivity index (χ3n) is 5.96. The van der Waals surface area contributed by atoms with Crippen molar-refractivity contribution < 1.29 is 4.57 Å². The van der Waals surface area contributed by atoms with E-state index < -0.39 is 0 Å². The van der Waals surface area contributed by atoms with Crippen LogP contribution in [0.15, 0.2) is 65.7 Å². The third-order valence-corrected chi connectivity index (χ3v) is 6.73. The van der Waals surface area contributed by atoms with E-state index in [9.17, 15) is 0 Å². The Bertz CT molecular complexity index is 1520. The fourth-order valence-corrected chi connectivity index (χ4v) is 5.42. The van der Waals surface area contributed by atoms with Crippen LogP contribution in [0.2, 0.25) is 0 Å². The standard InChI is InChI=1S/C24H19N2S/c1-14-10-11-17-16-7-5-9-19(27-3)22(16)26-18-8-4-6-15-12-13-25(2)24(21(15)18)20(14)23(17)26/h4-13H,1-3H3/q+1. The molecule has 3 aromatic heterocycles. The number of benzene rings is 3. The number of rotatable bonds is 1. The smallest absolute Gasteiger partial charge is 0.224 e. The molecule has 0 aliphatic rings. The van der Waals surface area contributed by atoms with Gasteiger partial charge in [-0.15, -0.1) is 11.8 Å². The maximum Gasteiger partial charge on any atom is 0.224 e. The molecule has 0 N–H and O–H groups in total. The van der Waals surface area contributed by atoms with Crippen molar-refractivity contribution in [3.8, 4) is 0 Å². The average Bonchev–Trinajstić information content (AvgIpc) is 3.03. The fourth-order valence-electron chi connectivity index (χ4n) is 4.81. The van der Waals surface area contributed by atoms with Crippen molar-refractivity contribution in [1.29, 1.82) is 0 Å². The molecule has 0 saturated heterocycles. The number of hydrogen-bond acceptors (Lipinski definition) is 1. The van der Waals surface area contributed by atoms with Crippen LogP contribution in [0.5, 0.6) is 0 Å². The highest BCUT2D eigenvalue weighted by Crippen LogP contribution is 2.42. The summed E-state index contributed by atoms with van der Waals surface area (Å²) in [4.78, 5) is 1.33. The molecule has 2 nitrogen and oxygen atoms in total. The quantitative estimate of drug-likeness (QED) is 0.153. The van der Waals surface area contributed by atoms with Gasteiger partial charge in [0.15, 0.2) is 6.20 Å². The summed E-state index contributed by atoms with van der Waals surface area (Å²) in [6.45, 7) is 2.24. The molecular formula is C24H19N2S+. The maximum atomic E-state index is 2.51. The molecular weight excluding hydrogens is 348 g/mol. The van der Waals surface area contributed by atoms with Gasteiger partial charge in [-0.1, -0.05) is 36.4 Å².